The fraction of sp³-hybridized carbons (Fsp3) is 0.429. The predicted molar refractivity (Wildman–Crippen MR) is 106 cm³/mol. The molecule has 4 rings (SSSR count). The molecule has 0 radical (unpaired) electrons. The van der Waals surface area contributed by atoms with E-state index < -0.39 is 0 Å². The second-order valence-electron chi connectivity index (χ2n) is 7.06. The maximum absolute atomic E-state index is 13.0. The molecule has 1 aromatic carbocycles. The number of likely N-dealkylation sites (tertiary alicyclic amines) is 1. The summed E-state index contributed by atoms with van der Waals surface area (Å²) < 4.78 is 5.34. The van der Waals surface area contributed by atoms with E-state index in [1.54, 1.807) is 0 Å². The lowest BCUT2D eigenvalue weighted by molar-refractivity contribution is -0.141. The van der Waals surface area contributed by atoms with Gasteiger partial charge in [-0.1, -0.05) is 30.3 Å². The topological polar surface area (TPSA) is 49.9 Å². The van der Waals surface area contributed by atoms with E-state index in [4.69, 9.17) is 4.74 Å². The van der Waals surface area contributed by atoms with Crippen LogP contribution in [0.4, 0.5) is 0 Å². The highest BCUT2D eigenvalue weighted by atomic mass is 32.1. The Morgan fingerprint density at radius 3 is 2.52 bits per heavy atom. The zero-order valence-corrected chi connectivity index (χ0v) is 16.1. The maximum atomic E-state index is 13.0. The Hall–Kier alpha value is -2.18. The molecule has 2 aromatic rings. The smallest absolute Gasteiger partial charge is 0.263 e. The third-order valence-electron chi connectivity index (χ3n) is 5.26. The summed E-state index contributed by atoms with van der Waals surface area (Å²) in [7, 11) is 0. The van der Waals surface area contributed by atoms with E-state index in [1.165, 1.54) is 11.3 Å². The Balaban J connectivity index is 1.43. The van der Waals surface area contributed by atoms with Gasteiger partial charge in [-0.05, 0) is 30.5 Å². The lowest BCUT2D eigenvalue weighted by Crippen LogP contribution is -2.49. The van der Waals surface area contributed by atoms with Crippen LogP contribution in [0.15, 0.2) is 42.5 Å². The molecule has 2 saturated heterocycles. The molecule has 1 unspecified atom stereocenters. The van der Waals surface area contributed by atoms with Gasteiger partial charge in [-0.25, -0.2) is 0 Å². The van der Waals surface area contributed by atoms with Crippen molar-refractivity contribution in [1.29, 1.82) is 0 Å². The van der Waals surface area contributed by atoms with Gasteiger partial charge in [0.15, 0.2) is 0 Å². The van der Waals surface area contributed by atoms with Gasteiger partial charge >= 0.3 is 0 Å². The summed E-state index contributed by atoms with van der Waals surface area (Å²) in [4.78, 5) is 31.3. The predicted octanol–water partition coefficient (Wildman–Crippen LogP) is 3.13. The number of hydrogen-bond acceptors (Lipinski definition) is 4. The van der Waals surface area contributed by atoms with Gasteiger partial charge in [-0.3, -0.25) is 9.59 Å². The van der Waals surface area contributed by atoms with Crippen LogP contribution in [-0.4, -0.2) is 61.0 Å². The maximum Gasteiger partial charge on any atom is 0.263 e. The van der Waals surface area contributed by atoms with Gasteiger partial charge in [0.1, 0.15) is 0 Å². The van der Waals surface area contributed by atoms with Crippen LogP contribution < -0.4 is 0 Å². The molecular formula is C21H24N2O3S. The Bertz CT molecular complexity index is 799. The molecule has 2 aliphatic rings. The summed E-state index contributed by atoms with van der Waals surface area (Å²) in [6.45, 7) is 3.79. The average molecular weight is 385 g/mol. The summed E-state index contributed by atoms with van der Waals surface area (Å²) in [5.41, 5.74) is 1.13. The zero-order valence-electron chi connectivity index (χ0n) is 15.3. The molecule has 0 saturated carbocycles. The number of hydrogen-bond donors (Lipinski definition) is 0. The normalized spacial score (nSPS) is 20.5. The largest absolute Gasteiger partial charge is 0.378 e. The molecule has 142 valence electrons. The second kappa shape index (κ2) is 8.23. The molecule has 2 aliphatic heterocycles. The van der Waals surface area contributed by atoms with Crippen molar-refractivity contribution in [2.45, 2.75) is 12.8 Å². The minimum Gasteiger partial charge on any atom is -0.378 e. The third kappa shape index (κ3) is 4.06. The first kappa shape index (κ1) is 18.2. The van der Waals surface area contributed by atoms with E-state index >= 15 is 0 Å². The highest BCUT2D eigenvalue weighted by molar-refractivity contribution is 7.17. The van der Waals surface area contributed by atoms with Gasteiger partial charge in [0.2, 0.25) is 5.91 Å². The summed E-state index contributed by atoms with van der Waals surface area (Å²) >= 11 is 1.52. The van der Waals surface area contributed by atoms with Crippen molar-refractivity contribution in [1.82, 2.24) is 9.80 Å². The Labute approximate surface area is 163 Å². The molecule has 0 spiro atoms. The highest BCUT2D eigenvalue weighted by Gasteiger charge is 2.32. The number of carbonyl (C=O) groups excluding carboxylic acids is 2. The van der Waals surface area contributed by atoms with Gasteiger partial charge in [-0.15, -0.1) is 11.3 Å². The Morgan fingerprint density at radius 1 is 0.963 bits per heavy atom. The SMILES string of the molecule is O=C(c1ccc(-c2ccccc2)s1)N1CCCC(C(=O)N2CCOCC2)C1. The number of benzene rings is 1. The van der Waals surface area contributed by atoms with E-state index in [0.717, 1.165) is 34.7 Å². The van der Waals surface area contributed by atoms with Crippen molar-refractivity contribution in [3.63, 3.8) is 0 Å². The molecule has 5 nitrogen and oxygen atoms in total. The van der Waals surface area contributed by atoms with Crippen LogP contribution in [0, 0.1) is 5.92 Å². The number of carbonyl (C=O) groups is 2. The summed E-state index contributed by atoms with van der Waals surface area (Å²) in [6.07, 6.45) is 1.74. The number of piperidine rings is 1. The van der Waals surface area contributed by atoms with Gasteiger partial charge in [-0.2, -0.15) is 0 Å². The number of amides is 2. The Morgan fingerprint density at radius 2 is 1.74 bits per heavy atom. The van der Waals surface area contributed by atoms with E-state index in [2.05, 4.69) is 12.1 Å². The number of rotatable bonds is 3. The van der Waals surface area contributed by atoms with Crippen LogP contribution in [0.3, 0.4) is 0 Å². The monoisotopic (exact) mass is 384 g/mol. The van der Waals surface area contributed by atoms with Crippen molar-refractivity contribution < 1.29 is 14.3 Å². The number of thiophene rings is 1. The zero-order chi connectivity index (χ0) is 18.6. The van der Waals surface area contributed by atoms with Crippen LogP contribution in [0.2, 0.25) is 0 Å². The van der Waals surface area contributed by atoms with Crippen molar-refractivity contribution in [2.24, 2.45) is 5.92 Å². The van der Waals surface area contributed by atoms with Crippen LogP contribution in [0.5, 0.6) is 0 Å². The molecule has 6 heteroatoms. The molecule has 0 bridgehead atoms. The molecule has 0 aliphatic carbocycles. The summed E-state index contributed by atoms with van der Waals surface area (Å²) in [5, 5.41) is 0. The van der Waals surface area contributed by atoms with Crippen LogP contribution >= 0.6 is 11.3 Å². The number of morpholine rings is 1. The van der Waals surface area contributed by atoms with E-state index in [1.807, 2.05) is 40.1 Å². The molecular weight excluding hydrogens is 360 g/mol. The quantitative estimate of drug-likeness (QED) is 0.817. The van der Waals surface area contributed by atoms with Crippen molar-refractivity contribution >= 4 is 23.2 Å². The van der Waals surface area contributed by atoms with Gasteiger partial charge in [0, 0.05) is 31.1 Å². The van der Waals surface area contributed by atoms with Crippen molar-refractivity contribution in [3.8, 4) is 10.4 Å². The highest BCUT2D eigenvalue weighted by Crippen LogP contribution is 2.30. The third-order valence-corrected chi connectivity index (χ3v) is 6.38. The molecule has 2 fully saturated rings. The van der Waals surface area contributed by atoms with E-state index in [9.17, 15) is 9.59 Å². The second-order valence-corrected chi connectivity index (χ2v) is 8.14. The molecule has 27 heavy (non-hydrogen) atoms. The van der Waals surface area contributed by atoms with Gasteiger partial charge in [0.25, 0.3) is 5.91 Å². The molecule has 2 amide bonds. The summed E-state index contributed by atoms with van der Waals surface area (Å²) in [6, 6.07) is 14.0. The van der Waals surface area contributed by atoms with E-state index in [-0.39, 0.29) is 17.7 Å². The fourth-order valence-corrected chi connectivity index (χ4v) is 4.75. The first-order valence-corrected chi connectivity index (χ1v) is 10.3. The van der Waals surface area contributed by atoms with Crippen LogP contribution in [0.25, 0.3) is 10.4 Å². The molecule has 3 heterocycles. The first-order valence-electron chi connectivity index (χ1n) is 9.53. The Kier molecular flexibility index (Phi) is 5.55. The number of nitrogens with zero attached hydrogens (tertiary/aromatic N) is 2. The molecule has 1 atom stereocenters. The van der Waals surface area contributed by atoms with Gasteiger partial charge in [0.05, 0.1) is 24.0 Å². The minimum absolute atomic E-state index is 0.0432. The molecule has 0 N–H and O–H groups in total. The lowest BCUT2D eigenvalue weighted by Gasteiger charge is -2.36. The lowest BCUT2D eigenvalue weighted by atomic mass is 9.96. The van der Waals surface area contributed by atoms with Crippen molar-refractivity contribution in [2.75, 3.05) is 39.4 Å². The number of ether oxygens (including phenoxy) is 1. The summed E-state index contributed by atoms with van der Waals surface area (Å²) in [5.74, 6) is 0.128. The fourth-order valence-electron chi connectivity index (χ4n) is 3.77. The standard InChI is InChI=1S/C21H24N2O3S/c24-20(22-11-13-26-14-12-22)17-7-4-10-23(15-17)21(25)19-9-8-18(27-19)16-5-2-1-3-6-16/h1-3,5-6,8-9,17H,4,7,10-15H2. The van der Waals surface area contributed by atoms with E-state index in [0.29, 0.717) is 32.8 Å². The van der Waals surface area contributed by atoms with Gasteiger partial charge < -0.3 is 14.5 Å². The van der Waals surface area contributed by atoms with Crippen LogP contribution in [0.1, 0.15) is 22.5 Å². The first-order chi connectivity index (χ1) is 13.2. The average Bonchev–Trinajstić information content (AvgIpc) is 3.24. The van der Waals surface area contributed by atoms with Crippen LogP contribution in [-0.2, 0) is 9.53 Å². The molecule has 1 aromatic heterocycles. The minimum atomic E-state index is -0.0886. The van der Waals surface area contributed by atoms with Crippen molar-refractivity contribution in [3.05, 3.63) is 47.3 Å².